The van der Waals surface area contributed by atoms with Gasteiger partial charge in [0.25, 0.3) is 0 Å². The molecule has 1 saturated carbocycles. The van der Waals surface area contributed by atoms with Crippen LogP contribution in [0.25, 0.3) is 0 Å². The molecular formula is C17H34N2O2. The molecule has 0 aromatic rings. The van der Waals surface area contributed by atoms with Crippen molar-refractivity contribution in [2.75, 3.05) is 13.6 Å². The third kappa shape index (κ3) is 6.68. The molecule has 1 aliphatic carbocycles. The Bertz CT molecular complexity index is 317. The monoisotopic (exact) mass is 298 g/mol. The van der Waals surface area contributed by atoms with Gasteiger partial charge in [-0.3, -0.25) is 0 Å². The Balaban J connectivity index is 2.33. The highest BCUT2D eigenvalue weighted by Crippen LogP contribution is 2.24. The average Bonchev–Trinajstić information content (AvgIpc) is 2.42. The average molecular weight is 298 g/mol. The van der Waals surface area contributed by atoms with Crippen LogP contribution in [0.15, 0.2) is 0 Å². The molecule has 4 nitrogen and oxygen atoms in total. The van der Waals surface area contributed by atoms with Crippen molar-refractivity contribution in [3.8, 4) is 0 Å². The number of amides is 1. The second-order valence-electron chi connectivity index (χ2n) is 7.52. The first kappa shape index (κ1) is 18.3. The zero-order chi connectivity index (χ0) is 16.0. The number of carbonyl (C=O) groups is 1. The summed E-state index contributed by atoms with van der Waals surface area (Å²) in [5.74, 6) is 0.743. The van der Waals surface area contributed by atoms with Crippen LogP contribution in [0.5, 0.6) is 0 Å². The molecule has 0 saturated heterocycles. The van der Waals surface area contributed by atoms with Crippen molar-refractivity contribution in [2.24, 2.45) is 5.92 Å². The maximum absolute atomic E-state index is 12.1. The lowest BCUT2D eigenvalue weighted by Gasteiger charge is -2.36. The van der Waals surface area contributed by atoms with Gasteiger partial charge in [0.1, 0.15) is 5.60 Å². The lowest BCUT2D eigenvalue weighted by Crippen LogP contribution is -2.45. The van der Waals surface area contributed by atoms with Gasteiger partial charge in [-0.1, -0.05) is 20.3 Å². The maximum atomic E-state index is 12.1. The van der Waals surface area contributed by atoms with Gasteiger partial charge in [-0.05, 0) is 58.9 Å². The molecule has 1 fully saturated rings. The van der Waals surface area contributed by atoms with Crippen molar-refractivity contribution in [1.82, 2.24) is 10.2 Å². The van der Waals surface area contributed by atoms with Crippen molar-refractivity contribution >= 4 is 6.09 Å². The molecule has 1 N–H and O–H groups in total. The van der Waals surface area contributed by atoms with Gasteiger partial charge in [0.2, 0.25) is 0 Å². The van der Waals surface area contributed by atoms with Crippen LogP contribution < -0.4 is 5.32 Å². The Labute approximate surface area is 130 Å². The predicted octanol–water partition coefficient (Wildman–Crippen LogP) is 3.80. The minimum absolute atomic E-state index is 0.196. The first-order chi connectivity index (χ1) is 9.73. The van der Waals surface area contributed by atoms with Gasteiger partial charge >= 0.3 is 6.09 Å². The van der Waals surface area contributed by atoms with Crippen molar-refractivity contribution in [2.45, 2.75) is 84.4 Å². The summed E-state index contributed by atoms with van der Waals surface area (Å²) in [6.45, 7) is 11.4. The predicted molar refractivity (Wildman–Crippen MR) is 87.5 cm³/mol. The number of carbonyl (C=O) groups excluding carboxylic acids is 1. The van der Waals surface area contributed by atoms with E-state index in [1.165, 1.54) is 6.42 Å². The molecule has 1 unspecified atom stereocenters. The van der Waals surface area contributed by atoms with Gasteiger partial charge in [0.15, 0.2) is 0 Å². The zero-order valence-electron chi connectivity index (χ0n) is 14.7. The number of ether oxygens (including phenoxy) is 1. The topological polar surface area (TPSA) is 41.6 Å². The summed E-state index contributed by atoms with van der Waals surface area (Å²) >= 11 is 0. The molecular weight excluding hydrogens is 264 g/mol. The van der Waals surface area contributed by atoms with E-state index in [2.05, 4.69) is 19.2 Å². The first-order valence-electron chi connectivity index (χ1n) is 8.42. The van der Waals surface area contributed by atoms with E-state index in [1.807, 2.05) is 27.8 Å². The second kappa shape index (κ2) is 8.02. The maximum Gasteiger partial charge on any atom is 0.410 e. The molecule has 0 aromatic heterocycles. The van der Waals surface area contributed by atoms with Crippen LogP contribution in [-0.2, 0) is 4.74 Å². The minimum atomic E-state index is -0.416. The van der Waals surface area contributed by atoms with E-state index in [4.69, 9.17) is 4.74 Å². The lowest BCUT2D eigenvalue weighted by atomic mass is 9.90. The Morgan fingerprint density at radius 3 is 2.33 bits per heavy atom. The van der Waals surface area contributed by atoms with Crippen LogP contribution in [-0.4, -0.2) is 42.3 Å². The Morgan fingerprint density at radius 1 is 1.29 bits per heavy atom. The third-order valence-electron chi connectivity index (χ3n) is 4.38. The number of nitrogens with one attached hydrogen (secondary N) is 1. The quantitative estimate of drug-likeness (QED) is 0.839. The molecule has 0 aromatic carbocycles. The second-order valence-corrected chi connectivity index (χ2v) is 7.52. The van der Waals surface area contributed by atoms with Gasteiger partial charge in [0, 0.05) is 19.1 Å². The minimum Gasteiger partial charge on any atom is -0.444 e. The van der Waals surface area contributed by atoms with E-state index in [0.29, 0.717) is 12.1 Å². The van der Waals surface area contributed by atoms with Crippen LogP contribution in [0.4, 0.5) is 4.79 Å². The van der Waals surface area contributed by atoms with Crippen LogP contribution in [0.3, 0.4) is 0 Å². The fraction of sp³-hybridized carbons (Fsp3) is 0.941. The number of hydrogen-bond acceptors (Lipinski definition) is 3. The van der Waals surface area contributed by atoms with Gasteiger partial charge < -0.3 is 15.0 Å². The summed E-state index contributed by atoms with van der Waals surface area (Å²) in [5.41, 5.74) is -0.416. The largest absolute Gasteiger partial charge is 0.444 e. The van der Waals surface area contributed by atoms with E-state index in [0.717, 1.165) is 38.1 Å². The zero-order valence-corrected chi connectivity index (χ0v) is 14.7. The van der Waals surface area contributed by atoms with Crippen LogP contribution in [0.2, 0.25) is 0 Å². The van der Waals surface area contributed by atoms with Gasteiger partial charge in [-0.25, -0.2) is 4.79 Å². The molecule has 0 heterocycles. The van der Waals surface area contributed by atoms with Gasteiger partial charge in [-0.15, -0.1) is 0 Å². The van der Waals surface area contributed by atoms with Crippen molar-refractivity contribution in [1.29, 1.82) is 0 Å². The highest BCUT2D eigenvalue weighted by molar-refractivity contribution is 5.68. The number of nitrogens with zero attached hydrogens (tertiary/aromatic N) is 1. The molecule has 1 aliphatic rings. The fourth-order valence-corrected chi connectivity index (χ4v) is 2.66. The number of hydrogen-bond donors (Lipinski definition) is 1. The smallest absolute Gasteiger partial charge is 0.410 e. The summed E-state index contributed by atoms with van der Waals surface area (Å²) in [4.78, 5) is 13.9. The molecule has 124 valence electrons. The summed E-state index contributed by atoms with van der Waals surface area (Å²) in [7, 11) is 1.87. The van der Waals surface area contributed by atoms with Gasteiger partial charge in [-0.2, -0.15) is 0 Å². The van der Waals surface area contributed by atoms with Gasteiger partial charge in [0.05, 0.1) is 0 Å². The molecule has 21 heavy (non-hydrogen) atoms. The molecule has 0 aliphatic heterocycles. The molecule has 1 atom stereocenters. The Kier molecular flexibility index (Phi) is 6.98. The summed E-state index contributed by atoms with van der Waals surface area (Å²) in [6, 6.07) is 0.934. The lowest BCUT2D eigenvalue weighted by molar-refractivity contribution is 0.0179. The normalized spacial score (nSPS) is 24.5. The molecule has 0 bridgehead atoms. The van der Waals surface area contributed by atoms with Crippen LogP contribution in [0, 0.1) is 5.92 Å². The first-order valence-corrected chi connectivity index (χ1v) is 8.42. The molecule has 0 radical (unpaired) electrons. The molecule has 1 amide bonds. The summed E-state index contributed by atoms with van der Waals surface area (Å²) in [5, 5.41) is 3.66. The van der Waals surface area contributed by atoms with E-state index >= 15 is 0 Å². The van der Waals surface area contributed by atoms with E-state index in [9.17, 15) is 4.79 Å². The Hall–Kier alpha value is -0.770. The molecule has 0 spiro atoms. The highest BCUT2D eigenvalue weighted by atomic mass is 16.6. The van der Waals surface area contributed by atoms with E-state index < -0.39 is 5.60 Å². The summed E-state index contributed by atoms with van der Waals surface area (Å²) < 4.78 is 5.44. The molecule has 1 rings (SSSR count). The van der Waals surface area contributed by atoms with E-state index in [-0.39, 0.29) is 6.09 Å². The van der Waals surface area contributed by atoms with Crippen molar-refractivity contribution in [3.05, 3.63) is 0 Å². The van der Waals surface area contributed by atoms with E-state index in [1.54, 1.807) is 4.90 Å². The molecule has 4 heteroatoms. The van der Waals surface area contributed by atoms with Crippen molar-refractivity contribution < 1.29 is 9.53 Å². The SMILES string of the molecule is CCC(C)CNC1CCC(N(C)C(=O)OC(C)(C)C)CC1. The highest BCUT2D eigenvalue weighted by Gasteiger charge is 2.29. The standard InChI is InChI=1S/C17H34N2O2/c1-7-13(2)12-18-14-8-10-15(11-9-14)19(6)16(20)21-17(3,4)5/h13-15,18H,7-12H2,1-6H3. The van der Waals surface area contributed by atoms with Crippen LogP contribution in [0.1, 0.15) is 66.7 Å². The fourth-order valence-electron chi connectivity index (χ4n) is 2.66. The van der Waals surface area contributed by atoms with Crippen molar-refractivity contribution in [3.63, 3.8) is 0 Å². The third-order valence-corrected chi connectivity index (χ3v) is 4.38. The summed E-state index contributed by atoms with van der Waals surface area (Å²) in [6.07, 6.45) is 5.45. The van der Waals surface area contributed by atoms with Crippen LogP contribution >= 0.6 is 0 Å². The number of rotatable bonds is 5. The Morgan fingerprint density at radius 2 is 1.86 bits per heavy atom.